The Kier molecular flexibility index (Phi) is 6.75. The van der Waals surface area contributed by atoms with Gasteiger partial charge in [-0.15, -0.1) is 0 Å². The predicted molar refractivity (Wildman–Crippen MR) is 117 cm³/mol. The normalized spacial score (nSPS) is 15.0. The predicted octanol–water partition coefficient (Wildman–Crippen LogP) is 2.73. The number of aryl methyl sites for hydroxylation is 2. The van der Waals surface area contributed by atoms with E-state index in [1.165, 1.54) is 0 Å². The van der Waals surface area contributed by atoms with E-state index in [-0.39, 0.29) is 28.9 Å². The average Bonchev–Trinajstić information content (AvgIpc) is 2.72. The molecule has 2 heterocycles. The number of rotatable bonds is 6. The number of aromatic nitrogens is 2. The van der Waals surface area contributed by atoms with Crippen LogP contribution in [0.3, 0.4) is 0 Å². The van der Waals surface area contributed by atoms with Crippen LogP contribution in [-0.2, 0) is 14.6 Å². The molecule has 0 atom stereocenters. The largest absolute Gasteiger partial charge is 0.353 e. The zero-order valence-electron chi connectivity index (χ0n) is 18.1. The van der Waals surface area contributed by atoms with Gasteiger partial charge in [0.2, 0.25) is 5.91 Å². The van der Waals surface area contributed by atoms with Gasteiger partial charge in [0.1, 0.15) is 11.6 Å². The highest BCUT2D eigenvalue weighted by Gasteiger charge is 2.24. The molecule has 7 nitrogen and oxygen atoms in total. The molecule has 0 unspecified atom stereocenters. The van der Waals surface area contributed by atoms with Crippen molar-refractivity contribution in [1.82, 2.24) is 14.9 Å². The highest BCUT2D eigenvalue weighted by Crippen LogP contribution is 2.19. The summed E-state index contributed by atoms with van der Waals surface area (Å²) in [6, 6.07) is 8.71. The molecule has 2 aromatic rings. The van der Waals surface area contributed by atoms with Crippen molar-refractivity contribution in [3.8, 4) is 0 Å². The van der Waals surface area contributed by atoms with Crippen LogP contribution in [0.4, 0.5) is 5.82 Å². The Balaban J connectivity index is 1.56. The molecule has 1 saturated heterocycles. The van der Waals surface area contributed by atoms with Crippen molar-refractivity contribution in [2.24, 2.45) is 0 Å². The molecule has 0 N–H and O–H groups in total. The van der Waals surface area contributed by atoms with Crippen molar-refractivity contribution >= 4 is 21.6 Å². The lowest BCUT2D eigenvalue weighted by Crippen LogP contribution is -2.49. The number of benzene rings is 1. The van der Waals surface area contributed by atoms with Gasteiger partial charge in [-0.25, -0.2) is 18.4 Å². The van der Waals surface area contributed by atoms with Gasteiger partial charge in [-0.2, -0.15) is 0 Å². The van der Waals surface area contributed by atoms with Gasteiger partial charge in [0.05, 0.1) is 10.6 Å². The molecule has 1 aromatic heterocycles. The van der Waals surface area contributed by atoms with Gasteiger partial charge in [-0.1, -0.05) is 31.5 Å². The van der Waals surface area contributed by atoms with Gasteiger partial charge >= 0.3 is 0 Å². The van der Waals surface area contributed by atoms with Crippen molar-refractivity contribution in [3.05, 3.63) is 47.4 Å². The number of carbonyl (C=O) groups is 1. The molecule has 0 saturated carbocycles. The van der Waals surface area contributed by atoms with E-state index in [4.69, 9.17) is 0 Å². The fraction of sp³-hybridized carbons (Fsp3) is 0.500. The highest BCUT2D eigenvalue weighted by molar-refractivity contribution is 7.91. The summed E-state index contributed by atoms with van der Waals surface area (Å²) in [5.41, 5.74) is 1.94. The fourth-order valence-electron chi connectivity index (χ4n) is 3.42. The topological polar surface area (TPSA) is 83.5 Å². The van der Waals surface area contributed by atoms with Crippen LogP contribution < -0.4 is 4.90 Å². The van der Waals surface area contributed by atoms with E-state index in [1.807, 2.05) is 19.9 Å². The van der Waals surface area contributed by atoms with Crippen molar-refractivity contribution in [2.45, 2.75) is 44.9 Å². The molecule has 162 valence electrons. The van der Waals surface area contributed by atoms with Gasteiger partial charge in [0.15, 0.2) is 9.84 Å². The molecule has 30 heavy (non-hydrogen) atoms. The van der Waals surface area contributed by atoms with E-state index >= 15 is 0 Å². The molecule has 8 heteroatoms. The van der Waals surface area contributed by atoms with Crippen LogP contribution in [0.2, 0.25) is 0 Å². The number of hydrogen-bond donors (Lipinski definition) is 0. The molecule has 1 fully saturated rings. The van der Waals surface area contributed by atoms with Gasteiger partial charge in [0, 0.05) is 50.3 Å². The Morgan fingerprint density at radius 2 is 1.67 bits per heavy atom. The number of hydrogen-bond acceptors (Lipinski definition) is 6. The monoisotopic (exact) mass is 430 g/mol. The Bertz CT molecular complexity index is 996. The lowest BCUT2D eigenvalue weighted by molar-refractivity contribution is -0.131. The van der Waals surface area contributed by atoms with Gasteiger partial charge < -0.3 is 9.80 Å². The third-order valence-corrected chi connectivity index (χ3v) is 7.03. The molecule has 0 aliphatic carbocycles. The Hall–Kier alpha value is -2.48. The van der Waals surface area contributed by atoms with E-state index in [9.17, 15) is 13.2 Å². The summed E-state index contributed by atoms with van der Waals surface area (Å²) in [6.45, 7) is 10.5. The standard InChI is InChI=1S/C22H30N4O3S/c1-16(2)22-23-18(4)15-20(24-22)25-10-12-26(13-11-25)21(27)9-14-30(28,29)19-7-5-17(3)6-8-19/h5-8,15-16H,9-14H2,1-4H3. The molecule has 0 radical (unpaired) electrons. The lowest BCUT2D eigenvalue weighted by atomic mass is 10.2. The maximum atomic E-state index is 12.6. The van der Waals surface area contributed by atoms with Gasteiger partial charge in [-0.3, -0.25) is 4.79 Å². The second-order valence-electron chi connectivity index (χ2n) is 8.13. The number of amides is 1. The Morgan fingerprint density at radius 1 is 1.03 bits per heavy atom. The van der Waals surface area contributed by atoms with Gasteiger partial charge in [0.25, 0.3) is 0 Å². The van der Waals surface area contributed by atoms with Crippen molar-refractivity contribution in [3.63, 3.8) is 0 Å². The maximum Gasteiger partial charge on any atom is 0.223 e. The quantitative estimate of drug-likeness (QED) is 0.701. The third kappa shape index (κ3) is 5.36. The SMILES string of the molecule is Cc1ccc(S(=O)(=O)CCC(=O)N2CCN(c3cc(C)nc(C(C)C)n3)CC2)cc1. The van der Waals surface area contributed by atoms with Crippen molar-refractivity contribution in [2.75, 3.05) is 36.8 Å². The number of anilines is 1. The molecule has 1 aromatic carbocycles. The van der Waals surface area contributed by atoms with Crippen LogP contribution in [0.5, 0.6) is 0 Å². The molecule has 3 rings (SSSR count). The summed E-state index contributed by atoms with van der Waals surface area (Å²) in [7, 11) is -3.46. The maximum absolute atomic E-state index is 12.6. The first-order valence-electron chi connectivity index (χ1n) is 10.3. The summed E-state index contributed by atoms with van der Waals surface area (Å²) in [5, 5.41) is 0. The van der Waals surface area contributed by atoms with Gasteiger partial charge in [-0.05, 0) is 26.0 Å². The first-order valence-corrected chi connectivity index (χ1v) is 12.0. The second-order valence-corrected chi connectivity index (χ2v) is 10.2. The zero-order valence-corrected chi connectivity index (χ0v) is 18.9. The summed E-state index contributed by atoms with van der Waals surface area (Å²) in [5.74, 6) is 1.68. The molecule has 1 aliphatic rings. The Morgan fingerprint density at radius 3 is 2.27 bits per heavy atom. The summed E-state index contributed by atoms with van der Waals surface area (Å²) < 4.78 is 25.0. The van der Waals surface area contributed by atoms with E-state index < -0.39 is 9.84 Å². The number of nitrogens with zero attached hydrogens (tertiary/aromatic N) is 4. The van der Waals surface area contributed by atoms with E-state index in [0.29, 0.717) is 26.2 Å². The minimum atomic E-state index is -3.46. The molecule has 0 bridgehead atoms. The zero-order chi connectivity index (χ0) is 21.9. The minimum Gasteiger partial charge on any atom is -0.353 e. The van der Waals surface area contributed by atoms with Crippen LogP contribution in [0.15, 0.2) is 35.2 Å². The minimum absolute atomic E-state index is 0.000320. The highest BCUT2D eigenvalue weighted by atomic mass is 32.2. The van der Waals surface area contributed by atoms with Crippen LogP contribution in [0.1, 0.15) is 43.3 Å². The second kappa shape index (κ2) is 9.12. The number of carbonyl (C=O) groups excluding carboxylic acids is 1. The summed E-state index contributed by atoms with van der Waals surface area (Å²) in [4.78, 5) is 25.9. The third-order valence-electron chi connectivity index (χ3n) is 5.30. The Labute approximate surface area is 179 Å². The first-order chi connectivity index (χ1) is 14.2. The molecular weight excluding hydrogens is 400 g/mol. The van der Waals surface area contributed by atoms with E-state index in [0.717, 1.165) is 22.9 Å². The summed E-state index contributed by atoms with van der Waals surface area (Å²) in [6.07, 6.45) is 0.000320. The smallest absolute Gasteiger partial charge is 0.223 e. The molecule has 0 spiro atoms. The van der Waals surface area contributed by atoms with E-state index in [1.54, 1.807) is 29.2 Å². The fourth-order valence-corrected chi connectivity index (χ4v) is 4.65. The van der Waals surface area contributed by atoms with E-state index in [2.05, 4.69) is 28.7 Å². The van der Waals surface area contributed by atoms with Crippen LogP contribution in [0, 0.1) is 13.8 Å². The first kappa shape index (κ1) is 22.2. The van der Waals surface area contributed by atoms with Crippen LogP contribution in [-0.4, -0.2) is 61.1 Å². The molecule has 1 amide bonds. The number of piperazine rings is 1. The summed E-state index contributed by atoms with van der Waals surface area (Å²) >= 11 is 0. The van der Waals surface area contributed by atoms with Crippen LogP contribution >= 0.6 is 0 Å². The molecular formula is C22H30N4O3S. The lowest BCUT2D eigenvalue weighted by Gasteiger charge is -2.35. The number of sulfone groups is 1. The van der Waals surface area contributed by atoms with Crippen molar-refractivity contribution in [1.29, 1.82) is 0 Å². The molecule has 1 aliphatic heterocycles. The van der Waals surface area contributed by atoms with Crippen molar-refractivity contribution < 1.29 is 13.2 Å². The average molecular weight is 431 g/mol. The van der Waals surface area contributed by atoms with Crippen LogP contribution in [0.25, 0.3) is 0 Å².